The van der Waals surface area contributed by atoms with Crippen molar-refractivity contribution in [1.29, 1.82) is 0 Å². The lowest BCUT2D eigenvalue weighted by molar-refractivity contribution is -0.313. The zero-order valence-electron chi connectivity index (χ0n) is 22.8. The summed E-state index contributed by atoms with van der Waals surface area (Å²) in [5.74, 6) is 1.86. The summed E-state index contributed by atoms with van der Waals surface area (Å²) in [6, 6.07) is 15.8. The number of likely N-dealkylation sites (tertiary alicyclic amines) is 1. The summed E-state index contributed by atoms with van der Waals surface area (Å²) < 4.78 is 27.7. The smallest absolute Gasteiger partial charge is 0.165 e. The minimum absolute atomic E-state index is 0.0259. The van der Waals surface area contributed by atoms with Crippen LogP contribution in [0, 0.1) is 10.8 Å². The summed E-state index contributed by atoms with van der Waals surface area (Å²) in [5, 5.41) is 1.30. The molecule has 4 bridgehead atoms. The summed E-state index contributed by atoms with van der Waals surface area (Å²) in [7, 11) is 6.03. The van der Waals surface area contributed by atoms with Crippen molar-refractivity contribution >= 4 is 21.4 Å². The summed E-state index contributed by atoms with van der Waals surface area (Å²) >= 11 is 1.84. The number of fused-ring (bicyclic) bond motifs is 3. The molecule has 4 aliphatic carbocycles. The van der Waals surface area contributed by atoms with Crippen LogP contribution in [0.15, 0.2) is 42.5 Å². The average molecular weight is 532 g/mol. The second-order valence-electron chi connectivity index (χ2n) is 12.8. The lowest BCUT2D eigenvalue weighted by atomic mass is 9.32. The second-order valence-corrected chi connectivity index (χ2v) is 13.9. The van der Waals surface area contributed by atoms with Gasteiger partial charge in [-0.25, -0.2) is 0 Å². The van der Waals surface area contributed by atoms with Crippen molar-refractivity contribution in [3.05, 3.63) is 58.5 Å². The Kier molecular flexibility index (Phi) is 4.84. The van der Waals surface area contributed by atoms with E-state index in [-0.39, 0.29) is 22.3 Å². The van der Waals surface area contributed by atoms with Crippen LogP contribution in [0.5, 0.6) is 11.5 Å². The Morgan fingerprint density at radius 1 is 1.11 bits per heavy atom. The first-order chi connectivity index (χ1) is 18.4. The highest BCUT2D eigenvalue weighted by molar-refractivity contribution is 7.19. The van der Waals surface area contributed by atoms with Crippen LogP contribution in [0.1, 0.15) is 48.6 Å². The van der Waals surface area contributed by atoms with Gasteiger partial charge in [-0.3, -0.25) is 0 Å². The van der Waals surface area contributed by atoms with Gasteiger partial charge in [0.15, 0.2) is 11.5 Å². The number of likely N-dealkylation sites (N-methyl/N-ethyl adjacent to an activating group) is 1. The molecule has 6 atom stereocenters. The number of methoxy groups -OCH3 is 2. The van der Waals surface area contributed by atoms with Gasteiger partial charge in [-0.2, -0.15) is 0 Å². The van der Waals surface area contributed by atoms with Crippen LogP contribution in [0.25, 0.3) is 10.1 Å². The van der Waals surface area contributed by atoms with E-state index >= 15 is 0 Å². The molecule has 3 saturated carbocycles. The Bertz CT molecular complexity index is 1420. The van der Waals surface area contributed by atoms with Gasteiger partial charge in [-0.15, -0.1) is 11.3 Å². The SMILES string of the molecule is COc1ccc2c3c1O[C@H]1[C@@]4(OC)CC[C@@]5(C[C@]4(C)COCc4cc6ccccc6s4)[C@@H](C2)N(C)CC[C@]315. The predicted molar refractivity (Wildman–Crippen MR) is 149 cm³/mol. The topological polar surface area (TPSA) is 40.2 Å². The molecule has 9 rings (SSSR count). The second kappa shape index (κ2) is 7.75. The number of benzene rings is 2. The van der Waals surface area contributed by atoms with E-state index in [0.29, 0.717) is 19.3 Å². The van der Waals surface area contributed by atoms with E-state index in [2.05, 4.69) is 61.3 Å². The monoisotopic (exact) mass is 531 g/mol. The molecule has 1 aromatic heterocycles. The third-order valence-corrected chi connectivity index (χ3v) is 12.6. The van der Waals surface area contributed by atoms with Crippen LogP contribution in [0.4, 0.5) is 0 Å². The molecule has 0 radical (unpaired) electrons. The Labute approximate surface area is 229 Å². The maximum atomic E-state index is 7.14. The highest BCUT2D eigenvalue weighted by Crippen LogP contribution is 2.78. The molecular formula is C32H37NO4S. The van der Waals surface area contributed by atoms with Crippen LogP contribution in [0.3, 0.4) is 0 Å². The Morgan fingerprint density at radius 3 is 2.79 bits per heavy atom. The van der Waals surface area contributed by atoms with Gasteiger partial charge in [-0.05, 0) is 74.8 Å². The van der Waals surface area contributed by atoms with E-state index in [1.54, 1.807) is 7.11 Å². The molecule has 1 saturated heterocycles. The van der Waals surface area contributed by atoms with Gasteiger partial charge in [0.2, 0.25) is 0 Å². The molecule has 200 valence electrons. The maximum Gasteiger partial charge on any atom is 0.165 e. The van der Waals surface area contributed by atoms with E-state index in [9.17, 15) is 0 Å². The van der Waals surface area contributed by atoms with Gasteiger partial charge in [0.05, 0.1) is 20.3 Å². The molecule has 6 aliphatic rings. The number of hydrogen-bond donors (Lipinski definition) is 0. The molecule has 5 nitrogen and oxygen atoms in total. The van der Waals surface area contributed by atoms with Gasteiger partial charge in [0, 0.05) is 44.5 Å². The number of ether oxygens (including phenoxy) is 4. The normalized spacial score (nSPS) is 38.3. The number of nitrogens with zero attached hydrogens (tertiary/aromatic N) is 1. The van der Waals surface area contributed by atoms with Gasteiger partial charge >= 0.3 is 0 Å². The van der Waals surface area contributed by atoms with Crippen molar-refractivity contribution < 1.29 is 18.9 Å². The lowest BCUT2D eigenvalue weighted by Gasteiger charge is -2.76. The molecule has 0 amide bonds. The fraction of sp³-hybridized carbons (Fsp3) is 0.562. The third kappa shape index (κ3) is 2.59. The van der Waals surface area contributed by atoms with E-state index < -0.39 is 5.60 Å². The molecule has 2 aromatic carbocycles. The molecule has 2 spiro atoms. The number of hydrogen-bond acceptors (Lipinski definition) is 6. The molecule has 6 heteroatoms. The maximum absolute atomic E-state index is 7.14. The highest BCUT2D eigenvalue weighted by atomic mass is 32.1. The molecule has 3 heterocycles. The van der Waals surface area contributed by atoms with Crippen LogP contribution >= 0.6 is 11.3 Å². The van der Waals surface area contributed by atoms with Crippen LogP contribution in [-0.2, 0) is 27.9 Å². The van der Waals surface area contributed by atoms with E-state index in [1.165, 1.54) is 32.5 Å². The summed E-state index contributed by atoms with van der Waals surface area (Å²) in [5.41, 5.74) is 2.45. The molecule has 38 heavy (non-hydrogen) atoms. The largest absolute Gasteiger partial charge is 0.493 e. The molecule has 4 fully saturated rings. The van der Waals surface area contributed by atoms with Crippen molar-refractivity contribution in [2.45, 2.75) is 68.8 Å². The number of thiophene rings is 1. The van der Waals surface area contributed by atoms with Crippen LogP contribution in [0.2, 0.25) is 0 Å². The highest BCUT2D eigenvalue weighted by Gasteiger charge is 2.82. The standard InChI is InChI=1S/C32H37NO4S/c1-29(19-36-17-22-15-20-7-5-6-8-24(20)38-22)18-30-11-12-32(29,35-4)28-31(30)13-14-33(2)25(30)16-21-9-10-23(34-3)27(37-28)26(21)31/h5-10,15,25,28H,11-14,16-19H2,1-4H3/t25-,28-,29-,30-,31+,32+/m1/s1. The molecule has 2 aliphatic heterocycles. The minimum Gasteiger partial charge on any atom is -0.493 e. The molecule has 0 N–H and O–H groups in total. The first-order valence-corrected chi connectivity index (χ1v) is 14.9. The number of rotatable bonds is 6. The van der Waals surface area contributed by atoms with Gasteiger partial charge in [-0.1, -0.05) is 31.2 Å². The van der Waals surface area contributed by atoms with Crippen molar-refractivity contribution in [3.8, 4) is 11.5 Å². The third-order valence-electron chi connectivity index (χ3n) is 11.5. The quantitative estimate of drug-likeness (QED) is 0.393. The zero-order chi connectivity index (χ0) is 25.9. The van der Waals surface area contributed by atoms with Gasteiger partial charge in [0.25, 0.3) is 0 Å². The molecule has 0 unspecified atom stereocenters. The Morgan fingerprint density at radius 2 is 1.97 bits per heavy atom. The summed E-state index contributed by atoms with van der Waals surface area (Å²) in [6.45, 7) is 4.83. The van der Waals surface area contributed by atoms with Crippen molar-refractivity contribution in [3.63, 3.8) is 0 Å². The van der Waals surface area contributed by atoms with Gasteiger partial charge < -0.3 is 23.8 Å². The fourth-order valence-corrected chi connectivity index (χ4v) is 11.1. The van der Waals surface area contributed by atoms with Crippen molar-refractivity contribution in [1.82, 2.24) is 4.90 Å². The average Bonchev–Trinajstić information content (AvgIpc) is 3.50. The van der Waals surface area contributed by atoms with Crippen LogP contribution < -0.4 is 9.47 Å². The molecular weight excluding hydrogens is 494 g/mol. The Balaban J connectivity index is 1.21. The molecule has 3 aromatic rings. The lowest BCUT2D eigenvalue weighted by Crippen LogP contribution is -2.83. The minimum atomic E-state index is -0.409. The van der Waals surface area contributed by atoms with Gasteiger partial charge in [0.1, 0.15) is 11.7 Å². The fourth-order valence-electron chi connectivity index (χ4n) is 10.1. The van der Waals surface area contributed by atoms with Crippen molar-refractivity contribution in [2.75, 3.05) is 34.4 Å². The van der Waals surface area contributed by atoms with E-state index in [4.69, 9.17) is 18.9 Å². The summed E-state index contributed by atoms with van der Waals surface area (Å²) in [4.78, 5) is 3.93. The van der Waals surface area contributed by atoms with Crippen molar-refractivity contribution in [2.24, 2.45) is 10.8 Å². The Hall–Kier alpha value is -2.12. The summed E-state index contributed by atoms with van der Waals surface area (Å²) in [6.07, 6.45) is 5.46. The predicted octanol–water partition coefficient (Wildman–Crippen LogP) is 5.96. The number of piperidine rings is 1. The van der Waals surface area contributed by atoms with E-state index in [1.807, 2.05) is 18.4 Å². The van der Waals surface area contributed by atoms with E-state index in [0.717, 1.165) is 43.7 Å². The first-order valence-electron chi connectivity index (χ1n) is 14.1. The first kappa shape index (κ1) is 23.7. The zero-order valence-corrected chi connectivity index (χ0v) is 23.7. The van der Waals surface area contributed by atoms with Crippen LogP contribution in [-0.4, -0.2) is 57.1 Å².